The van der Waals surface area contributed by atoms with Crippen molar-refractivity contribution in [2.24, 2.45) is 0 Å². The summed E-state index contributed by atoms with van der Waals surface area (Å²) in [5.41, 5.74) is 10.2. The quantitative estimate of drug-likeness (QED) is 0.171. The van der Waals surface area contributed by atoms with Crippen molar-refractivity contribution in [3.63, 3.8) is 0 Å². The molecule has 0 saturated heterocycles. The monoisotopic (exact) mass is 657 g/mol. The van der Waals surface area contributed by atoms with Crippen LogP contribution in [0.4, 0.5) is 34.1 Å². The van der Waals surface area contributed by atoms with Crippen molar-refractivity contribution in [2.45, 2.75) is 0 Å². The fourth-order valence-electron chi connectivity index (χ4n) is 6.06. The smallest absolute Gasteiger partial charge is 0.137 e. The number of benzene rings is 6. The number of furan rings is 1. The number of aromatic nitrogens is 1. The van der Waals surface area contributed by atoms with Gasteiger partial charge in [-0.15, -0.1) is 0 Å². The predicted octanol–water partition coefficient (Wildman–Crippen LogP) is 12.4. The summed E-state index contributed by atoms with van der Waals surface area (Å²) in [5, 5.41) is 2.22. The van der Waals surface area contributed by atoms with Gasteiger partial charge in [-0.3, -0.25) is 4.98 Å². The molecule has 0 fully saturated rings. The number of pyridine rings is 1. The number of hydrogen-bond acceptors (Lipinski definition) is 4. The molecule has 46 heavy (non-hydrogen) atoms. The lowest BCUT2D eigenvalue weighted by Crippen LogP contribution is -2.13. The summed E-state index contributed by atoms with van der Waals surface area (Å²) in [4.78, 5) is 8.86. The van der Waals surface area contributed by atoms with Gasteiger partial charge in [0.1, 0.15) is 11.2 Å². The molecule has 4 nitrogen and oxygen atoms in total. The van der Waals surface area contributed by atoms with E-state index in [0.29, 0.717) is 0 Å². The van der Waals surface area contributed by atoms with E-state index in [9.17, 15) is 0 Å². The summed E-state index contributed by atoms with van der Waals surface area (Å²) >= 11 is 3.87. The Hall–Kier alpha value is -5.65. The molecular formula is C41H28BrN3O. The number of hydrogen-bond donors (Lipinski definition) is 0. The van der Waals surface area contributed by atoms with Crippen LogP contribution in [0.1, 0.15) is 0 Å². The first-order valence-electron chi connectivity index (χ1n) is 15.1. The van der Waals surface area contributed by atoms with Crippen LogP contribution >= 0.6 is 15.9 Å². The van der Waals surface area contributed by atoms with Crippen molar-refractivity contribution in [3.8, 4) is 11.1 Å². The van der Waals surface area contributed by atoms with E-state index in [-0.39, 0.29) is 0 Å². The summed E-state index contributed by atoms with van der Waals surface area (Å²) in [6.07, 6.45) is 3.69. The molecule has 2 heterocycles. The minimum atomic E-state index is 0.856. The van der Waals surface area contributed by atoms with Crippen molar-refractivity contribution in [1.29, 1.82) is 0 Å². The summed E-state index contributed by atoms with van der Waals surface area (Å²) in [6.45, 7) is 0. The van der Waals surface area contributed by atoms with E-state index < -0.39 is 0 Å². The van der Waals surface area contributed by atoms with Gasteiger partial charge in [0.05, 0.1) is 0 Å². The van der Waals surface area contributed by atoms with Crippen LogP contribution in [0.15, 0.2) is 179 Å². The summed E-state index contributed by atoms with van der Waals surface area (Å²) in [6, 6.07) is 54.8. The molecule has 0 spiro atoms. The third-order valence-electron chi connectivity index (χ3n) is 8.15. The first-order valence-corrected chi connectivity index (χ1v) is 15.9. The van der Waals surface area contributed by atoms with Gasteiger partial charge >= 0.3 is 0 Å². The molecule has 0 unspecified atom stereocenters. The lowest BCUT2D eigenvalue weighted by atomic mass is 10.1. The Labute approximate surface area is 275 Å². The molecule has 8 aromatic rings. The fourth-order valence-corrected chi connectivity index (χ4v) is 6.53. The van der Waals surface area contributed by atoms with Gasteiger partial charge in [0.25, 0.3) is 0 Å². The molecule has 220 valence electrons. The summed E-state index contributed by atoms with van der Waals surface area (Å²) in [5.74, 6) is 0. The molecule has 0 aliphatic heterocycles. The van der Waals surface area contributed by atoms with E-state index in [1.54, 1.807) is 6.20 Å². The van der Waals surface area contributed by atoms with Crippen LogP contribution in [0, 0.1) is 0 Å². The second-order valence-corrected chi connectivity index (χ2v) is 12.0. The maximum absolute atomic E-state index is 6.31. The predicted molar refractivity (Wildman–Crippen MR) is 194 cm³/mol. The normalized spacial score (nSPS) is 11.2. The standard InChI is InChI=1S/C41H28BrN3O/c42-31-24-36(44(32-11-3-1-4-12-32)34-19-17-29(18-20-34)30-10-9-23-43-28-30)26-37(25-31)45(33-13-5-2-6-14-33)35-21-22-39-38-15-7-8-16-40(38)46-41(39)27-35/h1-28H. The Balaban J connectivity index is 1.27. The molecule has 0 saturated carbocycles. The van der Waals surface area contributed by atoms with Gasteiger partial charge in [-0.1, -0.05) is 88.7 Å². The third-order valence-corrected chi connectivity index (χ3v) is 8.61. The van der Waals surface area contributed by atoms with Crippen LogP contribution in [0.25, 0.3) is 33.1 Å². The van der Waals surface area contributed by atoms with Crippen LogP contribution in [-0.2, 0) is 0 Å². The first kappa shape index (κ1) is 27.9. The average molecular weight is 659 g/mol. The van der Waals surface area contributed by atoms with Crippen LogP contribution in [0.5, 0.6) is 0 Å². The van der Waals surface area contributed by atoms with Gasteiger partial charge in [-0.25, -0.2) is 0 Å². The molecule has 5 heteroatoms. The Kier molecular flexibility index (Phi) is 7.29. The van der Waals surface area contributed by atoms with Gasteiger partial charge in [-0.05, 0) is 90.0 Å². The van der Waals surface area contributed by atoms with E-state index in [4.69, 9.17) is 4.42 Å². The van der Waals surface area contributed by atoms with Crippen molar-refractivity contribution >= 4 is 72.0 Å². The van der Waals surface area contributed by atoms with E-state index >= 15 is 0 Å². The van der Waals surface area contributed by atoms with Crippen LogP contribution < -0.4 is 9.80 Å². The Morgan fingerprint density at radius 1 is 0.435 bits per heavy atom. The van der Waals surface area contributed by atoms with Gasteiger partial charge in [-0.2, -0.15) is 0 Å². The zero-order valence-corrected chi connectivity index (χ0v) is 26.4. The molecule has 0 amide bonds. The van der Waals surface area contributed by atoms with Crippen LogP contribution in [0.2, 0.25) is 0 Å². The Morgan fingerprint density at radius 3 is 1.70 bits per heavy atom. The highest BCUT2D eigenvalue weighted by molar-refractivity contribution is 9.10. The van der Waals surface area contributed by atoms with E-state index in [1.165, 1.54) is 0 Å². The largest absolute Gasteiger partial charge is 0.456 e. The topological polar surface area (TPSA) is 32.5 Å². The average Bonchev–Trinajstić information content (AvgIpc) is 3.48. The number of anilines is 6. The first-order chi connectivity index (χ1) is 22.7. The molecule has 0 aliphatic rings. The van der Waals surface area contributed by atoms with Crippen LogP contribution in [0.3, 0.4) is 0 Å². The van der Waals surface area contributed by atoms with E-state index in [0.717, 1.165) is 71.7 Å². The second-order valence-electron chi connectivity index (χ2n) is 11.1. The van der Waals surface area contributed by atoms with Crippen molar-refractivity contribution in [2.75, 3.05) is 9.80 Å². The zero-order valence-electron chi connectivity index (χ0n) is 24.8. The maximum atomic E-state index is 6.31. The molecular weight excluding hydrogens is 630 g/mol. The Bertz CT molecular complexity index is 2270. The maximum Gasteiger partial charge on any atom is 0.137 e. The molecule has 0 N–H and O–H groups in total. The number of halogens is 1. The highest BCUT2D eigenvalue weighted by atomic mass is 79.9. The molecule has 2 aromatic heterocycles. The molecule has 0 atom stereocenters. The van der Waals surface area contributed by atoms with Crippen molar-refractivity contribution in [3.05, 3.63) is 175 Å². The molecule has 8 rings (SSSR count). The van der Waals surface area contributed by atoms with Gasteiger partial charge in [0.2, 0.25) is 0 Å². The minimum absolute atomic E-state index is 0.856. The fraction of sp³-hybridized carbons (Fsp3) is 0. The zero-order chi connectivity index (χ0) is 30.9. The van der Waals surface area contributed by atoms with Crippen molar-refractivity contribution in [1.82, 2.24) is 4.98 Å². The van der Waals surface area contributed by atoms with Crippen molar-refractivity contribution < 1.29 is 4.42 Å². The molecule has 0 aliphatic carbocycles. The second kappa shape index (κ2) is 12.0. The number of fused-ring (bicyclic) bond motifs is 3. The number of nitrogens with zero attached hydrogens (tertiary/aromatic N) is 3. The molecule has 0 bridgehead atoms. The third kappa shape index (κ3) is 5.31. The molecule has 6 aromatic carbocycles. The van der Waals surface area contributed by atoms with Gasteiger partial charge in [0.15, 0.2) is 0 Å². The van der Waals surface area contributed by atoms with Gasteiger partial charge < -0.3 is 14.2 Å². The SMILES string of the molecule is Brc1cc(N(c2ccccc2)c2ccc(-c3cccnc3)cc2)cc(N(c2ccccc2)c2ccc3c(c2)oc2ccccc23)c1. The highest BCUT2D eigenvalue weighted by Crippen LogP contribution is 2.43. The number of para-hydroxylation sites is 3. The van der Waals surface area contributed by atoms with Gasteiger partial charge in [0, 0.05) is 67.8 Å². The Morgan fingerprint density at radius 2 is 1.02 bits per heavy atom. The molecule has 0 radical (unpaired) electrons. The summed E-state index contributed by atoms with van der Waals surface area (Å²) in [7, 11) is 0. The number of rotatable bonds is 7. The van der Waals surface area contributed by atoms with E-state index in [1.807, 2.05) is 36.5 Å². The lowest BCUT2D eigenvalue weighted by molar-refractivity contribution is 0.669. The lowest BCUT2D eigenvalue weighted by Gasteiger charge is -2.30. The van der Waals surface area contributed by atoms with Crippen LogP contribution in [-0.4, -0.2) is 4.98 Å². The summed E-state index contributed by atoms with van der Waals surface area (Å²) < 4.78 is 7.28. The van der Waals surface area contributed by atoms with E-state index in [2.05, 4.69) is 158 Å². The highest BCUT2D eigenvalue weighted by Gasteiger charge is 2.19. The minimum Gasteiger partial charge on any atom is -0.456 e.